The van der Waals surface area contributed by atoms with Gasteiger partial charge in [-0.25, -0.2) is 5.01 Å². The standard InChI is InChI=1S/C9H21N3/c1-9(2)3-4-11-5-7-12(10)8-6-11/h9H,3-8,10H2,1-2H3. The summed E-state index contributed by atoms with van der Waals surface area (Å²) in [5.74, 6) is 6.48. The number of nitrogens with two attached hydrogens (primary N) is 1. The van der Waals surface area contributed by atoms with Crippen LogP contribution < -0.4 is 5.84 Å². The van der Waals surface area contributed by atoms with Crippen molar-refractivity contribution in [3.63, 3.8) is 0 Å². The number of piperazine rings is 1. The third-order valence-electron chi connectivity index (χ3n) is 2.43. The molecule has 0 spiro atoms. The maximum Gasteiger partial charge on any atom is 0.0257 e. The van der Waals surface area contributed by atoms with Crippen molar-refractivity contribution in [1.82, 2.24) is 9.91 Å². The van der Waals surface area contributed by atoms with Crippen molar-refractivity contribution in [1.29, 1.82) is 0 Å². The molecule has 0 aliphatic carbocycles. The van der Waals surface area contributed by atoms with Gasteiger partial charge in [-0.2, -0.15) is 0 Å². The van der Waals surface area contributed by atoms with Crippen LogP contribution in [-0.2, 0) is 0 Å². The van der Waals surface area contributed by atoms with Crippen molar-refractivity contribution < 1.29 is 0 Å². The summed E-state index contributed by atoms with van der Waals surface area (Å²) in [5, 5.41) is 1.91. The Morgan fingerprint density at radius 2 is 1.75 bits per heavy atom. The van der Waals surface area contributed by atoms with Gasteiger partial charge >= 0.3 is 0 Å². The SMILES string of the molecule is CC(C)CCN1CCN(N)CC1. The largest absolute Gasteiger partial charge is 0.301 e. The molecule has 1 aliphatic rings. The highest BCUT2D eigenvalue weighted by atomic mass is 15.4. The molecule has 3 heteroatoms. The molecule has 0 aromatic carbocycles. The van der Waals surface area contributed by atoms with E-state index < -0.39 is 0 Å². The number of nitrogens with zero attached hydrogens (tertiary/aromatic N) is 2. The van der Waals surface area contributed by atoms with Crippen molar-refractivity contribution >= 4 is 0 Å². The maximum atomic E-state index is 5.66. The first kappa shape index (κ1) is 9.96. The van der Waals surface area contributed by atoms with Crippen LogP contribution in [0.4, 0.5) is 0 Å². The van der Waals surface area contributed by atoms with Crippen LogP contribution in [0.2, 0.25) is 0 Å². The minimum absolute atomic E-state index is 0.820. The molecule has 3 nitrogen and oxygen atoms in total. The lowest BCUT2D eigenvalue weighted by molar-refractivity contribution is 0.129. The molecule has 1 fully saturated rings. The third-order valence-corrected chi connectivity index (χ3v) is 2.43. The Morgan fingerprint density at radius 1 is 1.17 bits per heavy atom. The average Bonchev–Trinajstić information content (AvgIpc) is 2.03. The van der Waals surface area contributed by atoms with E-state index in [1.807, 2.05) is 5.01 Å². The summed E-state index contributed by atoms with van der Waals surface area (Å²) >= 11 is 0. The fourth-order valence-electron chi connectivity index (χ4n) is 1.43. The van der Waals surface area contributed by atoms with Gasteiger partial charge in [0, 0.05) is 26.2 Å². The van der Waals surface area contributed by atoms with Crippen molar-refractivity contribution in [3.05, 3.63) is 0 Å². The van der Waals surface area contributed by atoms with E-state index in [0.717, 1.165) is 32.1 Å². The Bertz CT molecular complexity index is 117. The second kappa shape index (κ2) is 4.80. The minimum Gasteiger partial charge on any atom is -0.301 e. The lowest BCUT2D eigenvalue weighted by atomic mass is 10.1. The first-order valence-corrected chi connectivity index (χ1v) is 4.90. The van der Waals surface area contributed by atoms with E-state index in [4.69, 9.17) is 5.84 Å². The predicted molar refractivity (Wildman–Crippen MR) is 51.7 cm³/mol. The van der Waals surface area contributed by atoms with E-state index in [1.165, 1.54) is 13.0 Å². The van der Waals surface area contributed by atoms with Crippen molar-refractivity contribution in [3.8, 4) is 0 Å². The van der Waals surface area contributed by atoms with Crippen LogP contribution in [0.5, 0.6) is 0 Å². The first-order chi connectivity index (χ1) is 5.68. The van der Waals surface area contributed by atoms with Crippen molar-refractivity contribution in [2.45, 2.75) is 20.3 Å². The Balaban J connectivity index is 2.09. The minimum atomic E-state index is 0.820. The van der Waals surface area contributed by atoms with Crippen LogP contribution in [0.1, 0.15) is 20.3 Å². The second-order valence-electron chi connectivity index (χ2n) is 4.06. The van der Waals surface area contributed by atoms with E-state index in [-0.39, 0.29) is 0 Å². The van der Waals surface area contributed by atoms with Gasteiger partial charge in [0.1, 0.15) is 0 Å². The summed E-state index contributed by atoms with van der Waals surface area (Å²) in [4.78, 5) is 2.50. The molecule has 0 aromatic heterocycles. The molecule has 1 saturated heterocycles. The van der Waals surface area contributed by atoms with Gasteiger partial charge < -0.3 is 4.90 Å². The molecule has 0 radical (unpaired) electrons. The molecule has 12 heavy (non-hydrogen) atoms. The Hall–Kier alpha value is -0.120. The van der Waals surface area contributed by atoms with Gasteiger partial charge in [0.25, 0.3) is 0 Å². The summed E-state index contributed by atoms with van der Waals surface area (Å²) in [6, 6.07) is 0. The molecule has 0 unspecified atom stereocenters. The molecule has 0 bridgehead atoms. The van der Waals surface area contributed by atoms with Crippen molar-refractivity contribution in [2.24, 2.45) is 11.8 Å². The van der Waals surface area contributed by atoms with Gasteiger partial charge in [-0.15, -0.1) is 0 Å². The number of rotatable bonds is 3. The van der Waals surface area contributed by atoms with Crippen LogP contribution in [-0.4, -0.2) is 42.6 Å². The summed E-state index contributed by atoms with van der Waals surface area (Å²) in [6.07, 6.45) is 1.31. The normalized spacial score (nSPS) is 22.0. The summed E-state index contributed by atoms with van der Waals surface area (Å²) < 4.78 is 0. The summed E-state index contributed by atoms with van der Waals surface area (Å²) in [7, 11) is 0. The lowest BCUT2D eigenvalue weighted by Crippen LogP contribution is -2.49. The van der Waals surface area contributed by atoms with E-state index in [1.54, 1.807) is 0 Å². The van der Waals surface area contributed by atoms with E-state index in [0.29, 0.717) is 0 Å². The quantitative estimate of drug-likeness (QED) is 0.628. The first-order valence-electron chi connectivity index (χ1n) is 4.90. The third kappa shape index (κ3) is 3.52. The molecule has 0 saturated carbocycles. The summed E-state index contributed by atoms with van der Waals surface area (Å²) in [6.45, 7) is 10.1. The molecule has 1 heterocycles. The smallest absolute Gasteiger partial charge is 0.0257 e. The molecule has 2 N–H and O–H groups in total. The van der Waals surface area contributed by atoms with Gasteiger partial charge in [-0.05, 0) is 18.9 Å². The molecular weight excluding hydrogens is 150 g/mol. The summed E-state index contributed by atoms with van der Waals surface area (Å²) in [5.41, 5.74) is 0. The number of hydrogen-bond acceptors (Lipinski definition) is 3. The molecular formula is C9H21N3. The van der Waals surface area contributed by atoms with Crippen LogP contribution in [0, 0.1) is 5.92 Å². The molecule has 0 atom stereocenters. The Labute approximate surface area is 75.5 Å². The van der Waals surface area contributed by atoms with Crippen LogP contribution >= 0.6 is 0 Å². The number of hydrazine groups is 1. The molecule has 1 aliphatic heterocycles. The van der Waals surface area contributed by atoms with Crippen LogP contribution in [0.15, 0.2) is 0 Å². The average molecular weight is 171 g/mol. The molecule has 72 valence electrons. The van der Waals surface area contributed by atoms with E-state index in [2.05, 4.69) is 18.7 Å². The second-order valence-corrected chi connectivity index (χ2v) is 4.06. The Morgan fingerprint density at radius 3 is 2.25 bits per heavy atom. The maximum absolute atomic E-state index is 5.66. The molecule has 1 rings (SSSR count). The zero-order valence-corrected chi connectivity index (χ0v) is 8.29. The highest BCUT2D eigenvalue weighted by Gasteiger charge is 2.13. The van der Waals surface area contributed by atoms with Gasteiger partial charge in [0.15, 0.2) is 0 Å². The topological polar surface area (TPSA) is 32.5 Å². The van der Waals surface area contributed by atoms with Gasteiger partial charge in [-0.3, -0.25) is 5.84 Å². The predicted octanol–water partition coefficient (Wildman–Crippen LogP) is 0.524. The van der Waals surface area contributed by atoms with Crippen LogP contribution in [0.3, 0.4) is 0 Å². The molecule has 0 amide bonds. The monoisotopic (exact) mass is 171 g/mol. The zero-order chi connectivity index (χ0) is 8.97. The number of hydrogen-bond donors (Lipinski definition) is 1. The Kier molecular flexibility index (Phi) is 3.98. The van der Waals surface area contributed by atoms with Crippen LogP contribution in [0.25, 0.3) is 0 Å². The molecule has 0 aromatic rings. The highest BCUT2D eigenvalue weighted by Crippen LogP contribution is 2.04. The van der Waals surface area contributed by atoms with Crippen molar-refractivity contribution in [2.75, 3.05) is 32.7 Å². The van der Waals surface area contributed by atoms with Gasteiger partial charge in [-0.1, -0.05) is 13.8 Å². The lowest BCUT2D eigenvalue weighted by Gasteiger charge is -2.32. The fraction of sp³-hybridized carbons (Fsp3) is 1.00. The highest BCUT2D eigenvalue weighted by molar-refractivity contribution is 4.68. The van der Waals surface area contributed by atoms with Gasteiger partial charge in [0.05, 0.1) is 0 Å². The van der Waals surface area contributed by atoms with E-state index in [9.17, 15) is 0 Å². The van der Waals surface area contributed by atoms with E-state index >= 15 is 0 Å². The fourth-order valence-corrected chi connectivity index (χ4v) is 1.43. The van der Waals surface area contributed by atoms with Gasteiger partial charge in [0.2, 0.25) is 0 Å². The zero-order valence-electron chi connectivity index (χ0n) is 8.29.